The van der Waals surface area contributed by atoms with Crippen LogP contribution < -0.4 is 0 Å². The van der Waals surface area contributed by atoms with Gasteiger partial charge in [-0.1, -0.05) is 0 Å². The first-order chi connectivity index (χ1) is 6.88. The Labute approximate surface area is 95.0 Å². The maximum absolute atomic E-state index is 5.78. The lowest BCUT2D eigenvalue weighted by Gasteiger charge is -2.35. The highest BCUT2D eigenvalue weighted by Crippen LogP contribution is 2.24. The molecule has 0 aliphatic carbocycles. The Kier molecular flexibility index (Phi) is 4.60. The van der Waals surface area contributed by atoms with E-state index in [4.69, 9.17) is 4.74 Å². The Morgan fingerprint density at radius 2 is 2.00 bits per heavy atom. The van der Waals surface area contributed by atoms with Crippen LogP contribution in [-0.2, 0) is 4.74 Å². The predicted octanol–water partition coefficient (Wildman–Crippen LogP) is 2.92. The van der Waals surface area contributed by atoms with Gasteiger partial charge in [-0.25, -0.2) is 0 Å². The second-order valence-corrected chi connectivity index (χ2v) is 5.97. The molecule has 15 heavy (non-hydrogen) atoms. The Morgan fingerprint density at radius 3 is 2.53 bits per heavy atom. The smallest absolute Gasteiger partial charge is 0.0598 e. The zero-order valence-electron chi connectivity index (χ0n) is 11.0. The molecule has 0 saturated carbocycles. The summed E-state index contributed by atoms with van der Waals surface area (Å²) < 4.78 is 5.78. The van der Waals surface area contributed by atoms with Gasteiger partial charge in [0.25, 0.3) is 0 Å². The zero-order chi connectivity index (χ0) is 11.5. The number of rotatable bonds is 3. The van der Waals surface area contributed by atoms with E-state index in [0.717, 1.165) is 18.6 Å². The van der Waals surface area contributed by atoms with E-state index in [1.165, 1.54) is 25.8 Å². The minimum Gasteiger partial charge on any atom is -0.376 e. The van der Waals surface area contributed by atoms with Crippen LogP contribution in [0.5, 0.6) is 0 Å². The van der Waals surface area contributed by atoms with Crippen molar-refractivity contribution >= 4 is 0 Å². The number of hydrogen-bond acceptors (Lipinski definition) is 2. The van der Waals surface area contributed by atoms with E-state index in [0.29, 0.717) is 0 Å². The molecule has 1 saturated heterocycles. The van der Waals surface area contributed by atoms with Gasteiger partial charge < -0.3 is 9.64 Å². The summed E-state index contributed by atoms with van der Waals surface area (Å²) in [5.41, 5.74) is 0.0249. The van der Waals surface area contributed by atoms with E-state index < -0.39 is 0 Å². The number of hydrogen-bond donors (Lipinski definition) is 0. The molecular weight excluding hydrogens is 186 g/mol. The lowest BCUT2D eigenvalue weighted by atomic mass is 9.90. The first-order valence-electron chi connectivity index (χ1n) is 6.22. The zero-order valence-corrected chi connectivity index (χ0v) is 11.0. The van der Waals surface area contributed by atoms with Gasteiger partial charge >= 0.3 is 0 Å². The van der Waals surface area contributed by atoms with Crippen LogP contribution in [0.4, 0.5) is 0 Å². The second kappa shape index (κ2) is 5.31. The summed E-state index contributed by atoms with van der Waals surface area (Å²) in [5, 5.41) is 0. The number of likely N-dealkylation sites (tertiary alicyclic amines) is 1. The Balaban J connectivity index is 2.17. The van der Waals surface area contributed by atoms with Gasteiger partial charge in [-0.3, -0.25) is 0 Å². The maximum atomic E-state index is 5.78. The Bertz CT molecular complexity index is 185. The fourth-order valence-corrected chi connectivity index (χ4v) is 2.18. The highest BCUT2D eigenvalue weighted by molar-refractivity contribution is 4.76. The molecule has 1 unspecified atom stereocenters. The molecule has 0 aromatic heterocycles. The molecule has 1 aliphatic heterocycles. The van der Waals surface area contributed by atoms with Gasteiger partial charge in [0.2, 0.25) is 0 Å². The molecule has 0 N–H and O–H groups in total. The van der Waals surface area contributed by atoms with E-state index in [9.17, 15) is 0 Å². The number of piperidine rings is 1. The number of nitrogens with zero attached hydrogens (tertiary/aromatic N) is 1. The van der Waals surface area contributed by atoms with Crippen molar-refractivity contribution in [1.29, 1.82) is 0 Å². The molecule has 2 heteroatoms. The standard InChI is InChI=1S/C13H27NO/c1-11-10-12(6-8-14(11)5)7-9-15-13(2,3)4/h11-12H,6-10H2,1-5H3/t11-,12?/m0/s1. The summed E-state index contributed by atoms with van der Waals surface area (Å²) in [6, 6.07) is 0.749. The van der Waals surface area contributed by atoms with Gasteiger partial charge in [0.05, 0.1) is 5.60 Å². The summed E-state index contributed by atoms with van der Waals surface area (Å²) >= 11 is 0. The van der Waals surface area contributed by atoms with Crippen LogP contribution in [0.1, 0.15) is 47.0 Å². The number of ether oxygens (including phenoxy) is 1. The highest BCUT2D eigenvalue weighted by atomic mass is 16.5. The van der Waals surface area contributed by atoms with Gasteiger partial charge in [-0.05, 0) is 66.5 Å². The second-order valence-electron chi connectivity index (χ2n) is 5.97. The van der Waals surface area contributed by atoms with Crippen LogP contribution in [-0.4, -0.2) is 36.7 Å². The van der Waals surface area contributed by atoms with Gasteiger partial charge in [-0.2, -0.15) is 0 Å². The monoisotopic (exact) mass is 213 g/mol. The quantitative estimate of drug-likeness (QED) is 0.714. The fourth-order valence-electron chi connectivity index (χ4n) is 2.18. The van der Waals surface area contributed by atoms with Crippen LogP contribution >= 0.6 is 0 Å². The molecule has 1 heterocycles. The summed E-state index contributed by atoms with van der Waals surface area (Å²) in [7, 11) is 2.23. The maximum Gasteiger partial charge on any atom is 0.0598 e. The predicted molar refractivity (Wildman–Crippen MR) is 65.1 cm³/mol. The van der Waals surface area contributed by atoms with Crippen LogP contribution in [0.2, 0.25) is 0 Å². The molecule has 1 rings (SSSR count). The van der Waals surface area contributed by atoms with Gasteiger partial charge in [0.15, 0.2) is 0 Å². The fraction of sp³-hybridized carbons (Fsp3) is 1.00. The highest BCUT2D eigenvalue weighted by Gasteiger charge is 2.22. The van der Waals surface area contributed by atoms with Gasteiger partial charge in [-0.15, -0.1) is 0 Å². The molecule has 0 aromatic rings. The minimum atomic E-state index is 0.0249. The largest absolute Gasteiger partial charge is 0.376 e. The molecule has 2 atom stereocenters. The molecule has 90 valence electrons. The van der Waals surface area contributed by atoms with Crippen LogP contribution in [0.15, 0.2) is 0 Å². The van der Waals surface area contributed by atoms with Crippen molar-refractivity contribution in [3.8, 4) is 0 Å². The summed E-state index contributed by atoms with van der Waals surface area (Å²) in [5.74, 6) is 0.874. The van der Waals surface area contributed by atoms with Crippen LogP contribution in [0.3, 0.4) is 0 Å². The normalized spacial score (nSPS) is 29.4. The van der Waals surface area contributed by atoms with Crippen molar-refractivity contribution in [2.24, 2.45) is 5.92 Å². The molecule has 1 aliphatic rings. The summed E-state index contributed by atoms with van der Waals surface area (Å²) in [4.78, 5) is 2.46. The Morgan fingerprint density at radius 1 is 1.33 bits per heavy atom. The Hall–Kier alpha value is -0.0800. The van der Waals surface area contributed by atoms with Gasteiger partial charge in [0, 0.05) is 12.6 Å². The van der Waals surface area contributed by atoms with E-state index in [2.05, 4.69) is 39.6 Å². The summed E-state index contributed by atoms with van der Waals surface area (Å²) in [6.45, 7) is 10.9. The molecule has 0 bridgehead atoms. The minimum absolute atomic E-state index is 0.0249. The van der Waals surface area contributed by atoms with E-state index in [1.807, 2.05) is 0 Å². The van der Waals surface area contributed by atoms with Crippen molar-refractivity contribution in [3.05, 3.63) is 0 Å². The molecular formula is C13H27NO. The molecule has 0 amide bonds. The van der Waals surface area contributed by atoms with Crippen molar-refractivity contribution in [2.75, 3.05) is 20.2 Å². The molecule has 0 spiro atoms. The molecule has 0 radical (unpaired) electrons. The lowest BCUT2D eigenvalue weighted by Crippen LogP contribution is -2.38. The molecule has 0 aromatic carbocycles. The first-order valence-corrected chi connectivity index (χ1v) is 6.22. The van der Waals surface area contributed by atoms with Crippen molar-refractivity contribution in [1.82, 2.24) is 4.90 Å². The summed E-state index contributed by atoms with van der Waals surface area (Å²) in [6.07, 6.45) is 3.91. The third-order valence-corrected chi connectivity index (χ3v) is 3.38. The SMILES string of the molecule is C[C@H]1CC(CCOC(C)(C)C)CCN1C. The lowest BCUT2D eigenvalue weighted by molar-refractivity contribution is -0.0139. The average Bonchev–Trinajstić information content (AvgIpc) is 2.09. The van der Waals surface area contributed by atoms with E-state index in [-0.39, 0.29) is 5.60 Å². The van der Waals surface area contributed by atoms with Crippen molar-refractivity contribution < 1.29 is 4.74 Å². The van der Waals surface area contributed by atoms with Crippen LogP contribution in [0, 0.1) is 5.92 Å². The van der Waals surface area contributed by atoms with Crippen molar-refractivity contribution in [3.63, 3.8) is 0 Å². The van der Waals surface area contributed by atoms with E-state index in [1.54, 1.807) is 0 Å². The third-order valence-electron chi connectivity index (χ3n) is 3.38. The van der Waals surface area contributed by atoms with Gasteiger partial charge in [0.1, 0.15) is 0 Å². The first kappa shape index (κ1) is 13.0. The molecule has 1 fully saturated rings. The third kappa shape index (κ3) is 4.98. The van der Waals surface area contributed by atoms with Crippen molar-refractivity contribution in [2.45, 2.75) is 58.6 Å². The average molecular weight is 213 g/mol. The van der Waals surface area contributed by atoms with Crippen LogP contribution in [0.25, 0.3) is 0 Å². The molecule has 2 nitrogen and oxygen atoms in total. The van der Waals surface area contributed by atoms with E-state index >= 15 is 0 Å². The topological polar surface area (TPSA) is 12.5 Å².